The van der Waals surface area contributed by atoms with E-state index in [0.717, 1.165) is 12.0 Å². The monoisotopic (exact) mass is 332 g/mol. The lowest BCUT2D eigenvalue weighted by Crippen LogP contribution is -2.40. The molecule has 0 radical (unpaired) electrons. The summed E-state index contributed by atoms with van der Waals surface area (Å²) in [5.41, 5.74) is 6.53. The van der Waals surface area contributed by atoms with E-state index in [9.17, 15) is 4.79 Å². The second-order valence-corrected chi connectivity index (χ2v) is 4.62. The summed E-state index contributed by atoms with van der Waals surface area (Å²) in [5.74, 6) is 1.63. The Kier molecular flexibility index (Phi) is 9.37. The van der Waals surface area contributed by atoms with Crippen LogP contribution in [0.1, 0.15) is 25.3 Å². The molecular formula is C15H25ClN2O4. The minimum Gasteiger partial charge on any atom is -0.496 e. The van der Waals surface area contributed by atoms with Crippen LogP contribution in [-0.4, -0.2) is 33.3 Å². The third-order valence-electron chi connectivity index (χ3n) is 3.19. The Morgan fingerprint density at radius 3 is 2.14 bits per heavy atom. The van der Waals surface area contributed by atoms with Crippen molar-refractivity contribution in [3.63, 3.8) is 0 Å². The number of nitrogens with one attached hydrogen (secondary N) is 1. The molecule has 7 heteroatoms. The van der Waals surface area contributed by atoms with Gasteiger partial charge >= 0.3 is 0 Å². The molecule has 6 nitrogen and oxygen atoms in total. The van der Waals surface area contributed by atoms with Gasteiger partial charge in [0.2, 0.25) is 5.91 Å². The quantitative estimate of drug-likeness (QED) is 0.759. The Labute approximate surface area is 137 Å². The number of halogens is 1. The van der Waals surface area contributed by atoms with Crippen LogP contribution in [0.5, 0.6) is 17.2 Å². The summed E-state index contributed by atoms with van der Waals surface area (Å²) in [5, 5.41) is 2.81. The molecule has 1 unspecified atom stereocenters. The van der Waals surface area contributed by atoms with Crippen molar-refractivity contribution in [1.82, 2.24) is 5.32 Å². The summed E-state index contributed by atoms with van der Waals surface area (Å²) < 4.78 is 15.8. The normalized spacial score (nSPS) is 11.1. The topological polar surface area (TPSA) is 82.8 Å². The first-order valence-electron chi connectivity index (χ1n) is 6.89. The molecule has 0 saturated carbocycles. The Hall–Kier alpha value is -1.66. The smallest absolute Gasteiger partial charge is 0.237 e. The second-order valence-electron chi connectivity index (χ2n) is 4.62. The number of carbonyl (C=O) groups is 1. The summed E-state index contributed by atoms with van der Waals surface area (Å²) in [6.45, 7) is 2.27. The van der Waals surface area contributed by atoms with Gasteiger partial charge in [0.1, 0.15) is 17.2 Å². The van der Waals surface area contributed by atoms with Crippen molar-refractivity contribution in [3.8, 4) is 17.2 Å². The van der Waals surface area contributed by atoms with Crippen molar-refractivity contribution in [2.24, 2.45) is 5.73 Å². The standard InChI is InChI=1S/C15H24N2O4.ClH/c1-5-6-12(16)15(18)17-9-11-13(20-3)7-10(19-2)8-14(11)21-4;/h7-8,12H,5-6,9,16H2,1-4H3,(H,17,18);1H. The molecule has 3 N–H and O–H groups in total. The van der Waals surface area contributed by atoms with Crippen LogP contribution in [0.3, 0.4) is 0 Å². The van der Waals surface area contributed by atoms with Crippen LogP contribution < -0.4 is 25.3 Å². The Balaban J connectivity index is 0.00000441. The fourth-order valence-electron chi connectivity index (χ4n) is 2.00. The van der Waals surface area contributed by atoms with E-state index in [1.807, 2.05) is 6.92 Å². The number of benzene rings is 1. The van der Waals surface area contributed by atoms with Gasteiger partial charge in [0.05, 0.1) is 39.5 Å². The van der Waals surface area contributed by atoms with Crippen molar-refractivity contribution in [2.75, 3.05) is 21.3 Å². The summed E-state index contributed by atoms with van der Waals surface area (Å²) in [7, 11) is 4.68. The van der Waals surface area contributed by atoms with E-state index in [0.29, 0.717) is 23.7 Å². The number of carbonyl (C=O) groups excluding carboxylic acids is 1. The number of methoxy groups -OCH3 is 3. The average Bonchev–Trinajstić information content (AvgIpc) is 2.51. The molecule has 1 rings (SSSR count). The zero-order chi connectivity index (χ0) is 15.8. The van der Waals surface area contributed by atoms with Crippen LogP contribution >= 0.6 is 12.4 Å². The molecule has 1 aromatic carbocycles. The number of hydrogen-bond donors (Lipinski definition) is 2. The lowest BCUT2D eigenvalue weighted by Gasteiger charge is -2.17. The van der Waals surface area contributed by atoms with Crippen molar-refractivity contribution in [3.05, 3.63) is 17.7 Å². The van der Waals surface area contributed by atoms with Crippen LogP contribution in [0.2, 0.25) is 0 Å². The van der Waals surface area contributed by atoms with Crippen LogP contribution in [0.15, 0.2) is 12.1 Å². The maximum absolute atomic E-state index is 11.9. The molecule has 1 amide bonds. The summed E-state index contributed by atoms with van der Waals surface area (Å²) in [4.78, 5) is 11.9. The molecule has 126 valence electrons. The molecule has 0 bridgehead atoms. The van der Waals surface area contributed by atoms with Crippen molar-refractivity contribution < 1.29 is 19.0 Å². The molecule has 0 heterocycles. The van der Waals surface area contributed by atoms with Gasteiger partial charge in [-0.15, -0.1) is 12.4 Å². The minimum absolute atomic E-state index is 0. The van der Waals surface area contributed by atoms with Crippen LogP contribution in [0.25, 0.3) is 0 Å². The number of amides is 1. The number of nitrogens with two attached hydrogens (primary N) is 1. The van der Waals surface area contributed by atoms with Gasteiger partial charge in [-0.1, -0.05) is 13.3 Å². The van der Waals surface area contributed by atoms with E-state index in [1.54, 1.807) is 33.5 Å². The van der Waals surface area contributed by atoms with Gasteiger partial charge in [-0.25, -0.2) is 0 Å². The molecule has 0 saturated heterocycles. The lowest BCUT2D eigenvalue weighted by molar-refractivity contribution is -0.122. The zero-order valence-electron chi connectivity index (χ0n) is 13.5. The molecule has 0 aliphatic heterocycles. The van der Waals surface area contributed by atoms with E-state index >= 15 is 0 Å². The summed E-state index contributed by atoms with van der Waals surface area (Å²) in [6.07, 6.45) is 1.52. The molecule has 0 fully saturated rings. The van der Waals surface area contributed by atoms with Gasteiger partial charge in [-0.3, -0.25) is 4.79 Å². The first-order chi connectivity index (χ1) is 10.1. The molecule has 1 atom stereocenters. The van der Waals surface area contributed by atoms with Crippen LogP contribution in [0.4, 0.5) is 0 Å². The molecule has 0 aliphatic carbocycles. The van der Waals surface area contributed by atoms with Crippen molar-refractivity contribution in [2.45, 2.75) is 32.4 Å². The van der Waals surface area contributed by atoms with E-state index in [4.69, 9.17) is 19.9 Å². The molecule has 0 aromatic heterocycles. The van der Waals surface area contributed by atoms with Gasteiger partial charge in [0.25, 0.3) is 0 Å². The zero-order valence-corrected chi connectivity index (χ0v) is 14.3. The minimum atomic E-state index is -0.495. The van der Waals surface area contributed by atoms with E-state index in [2.05, 4.69) is 5.32 Å². The fraction of sp³-hybridized carbons (Fsp3) is 0.533. The number of ether oxygens (including phenoxy) is 3. The highest BCUT2D eigenvalue weighted by Crippen LogP contribution is 2.33. The van der Waals surface area contributed by atoms with E-state index in [1.165, 1.54) is 0 Å². The summed E-state index contributed by atoms with van der Waals surface area (Å²) in [6, 6.07) is 3.00. The third kappa shape index (κ3) is 5.27. The predicted octanol–water partition coefficient (Wildman–Crippen LogP) is 1.88. The highest BCUT2D eigenvalue weighted by atomic mass is 35.5. The van der Waals surface area contributed by atoms with Gasteiger partial charge in [0.15, 0.2) is 0 Å². The first kappa shape index (κ1) is 20.3. The number of rotatable bonds is 8. The molecule has 0 aliphatic rings. The molecular weight excluding hydrogens is 308 g/mol. The molecule has 22 heavy (non-hydrogen) atoms. The molecule has 0 spiro atoms. The third-order valence-corrected chi connectivity index (χ3v) is 3.19. The fourth-order valence-corrected chi connectivity index (χ4v) is 2.00. The summed E-state index contributed by atoms with van der Waals surface area (Å²) >= 11 is 0. The Morgan fingerprint density at radius 1 is 1.18 bits per heavy atom. The Bertz CT molecular complexity index is 458. The van der Waals surface area contributed by atoms with E-state index < -0.39 is 6.04 Å². The molecule has 1 aromatic rings. The highest BCUT2D eigenvalue weighted by Gasteiger charge is 2.16. The number of hydrogen-bond acceptors (Lipinski definition) is 5. The largest absolute Gasteiger partial charge is 0.496 e. The average molecular weight is 333 g/mol. The van der Waals surface area contributed by atoms with Gasteiger partial charge in [-0.05, 0) is 6.42 Å². The van der Waals surface area contributed by atoms with Gasteiger partial charge < -0.3 is 25.3 Å². The first-order valence-corrected chi connectivity index (χ1v) is 6.89. The van der Waals surface area contributed by atoms with Crippen LogP contribution in [-0.2, 0) is 11.3 Å². The highest BCUT2D eigenvalue weighted by molar-refractivity contribution is 5.85. The lowest BCUT2D eigenvalue weighted by atomic mass is 10.1. The van der Waals surface area contributed by atoms with Crippen LogP contribution in [0, 0.1) is 0 Å². The van der Waals surface area contributed by atoms with Crippen molar-refractivity contribution in [1.29, 1.82) is 0 Å². The maximum Gasteiger partial charge on any atom is 0.237 e. The predicted molar refractivity (Wildman–Crippen MR) is 88.1 cm³/mol. The Morgan fingerprint density at radius 2 is 1.73 bits per heavy atom. The SMILES string of the molecule is CCCC(N)C(=O)NCc1c(OC)cc(OC)cc1OC.Cl. The second kappa shape index (κ2) is 10.1. The van der Waals surface area contributed by atoms with Crippen molar-refractivity contribution >= 4 is 18.3 Å². The van der Waals surface area contributed by atoms with E-state index in [-0.39, 0.29) is 24.9 Å². The van der Waals surface area contributed by atoms with Gasteiger partial charge in [0, 0.05) is 12.1 Å². The maximum atomic E-state index is 11.9. The van der Waals surface area contributed by atoms with Gasteiger partial charge in [-0.2, -0.15) is 0 Å².